The number of carbonyl (C=O) groups is 2. The standard InChI is InChI=1S/C5H9NO3.K.H/c1-4(2)5(8)9-6-3-7;;/h3-4H,1-2H3,(H,6,7);;/q;+1;-1. The molecule has 0 bridgehead atoms. The zero-order valence-electron chi connectivity index (χ0n) is 7.38. The average Bonchev–Trinajstić information content (AvgIpc) is 1.82. The summed E-state index contributed by atoms with van der Waals surface area (Å²) in [5.74, 6) is -0.653. The molecule has 0 spiro atoms. The van der Waals surface area contributed by atoms with Crippen LogP contribution in [0, 0.1) is 5.92 Å². The largest absolute Gasteiger partial charge is 1.00 e. The Morgan fingerprint density at radius 2 is 2.20 bits per heavy atom. The number of hydrogen-bond donors (Lipinski definition) is 1. The van der Waals surface area contributed by atoms with Crippen LogP contribution in [0.4, 0.5) is 0 Å². The maximum atomic E-state index is 10.5. The molecular weight excluding hydrogens is 161 g/mol. The second-order valence-electron chi connectivity index (χ2n) is 1.81. The van der Waals surface area contributed by atoms with E-state index in [0.29, 0.717) is 6.41 Å². The Kier molecular flexibility index (Phi) is 10.1. The van der Waals surface area contributed by atoms with Gasteiger partial charge in [-0.1, -0.05) is 13.8 Å². The minimum atomic E-state index is -0.442. The number of hydrogen-bond acceptors (Lipinski definition) is 3. The van der Waals surface area contributed by atoms with E-state index in [1.54, 1.807) is 19.3 Å². The van der Waals surface area contributed by atoms with Crippen molar-refractivity contribution in [2.75, 3.05) is 0 Å². The van der Waals surface area contributed by atoms with Gasteiger partial charge in [-0.2, -0.15) is 5.48 Å². The van der Waals surface area contributed by atoms with Crippen LogP contribution in [-0.4, -0.2) is 12.4 Å². The zero-order valence-corrected chi connectivity index (χ0v) is 9.50. The van der Waals surface area contributed by atoms with E-state index in [9.17, 15) is 9.59 Å². The normalized spacial score (nSPS) is 7.90. The van der Waals surface area contributed by atoms with Gasteiger partial charge in [0.2, 0.25) is 6.41 Å². The molecule has 1 N–H and O–H groups in total. The molecule has 0 aliphatic carbocycles. The molecule has 5 heteroatoms. The fourth-order valence-corrected chi connectivity index (χ4v) is 0.200. The Hall–Kier alpha value is 0.576. The first kappa shape index (κ1) is 13.2. The third-order valence-electron chi connectivity index (χ3n) is 0.679. The molecule has 0 atom stereocenters. The Bertz CT molecular complexity index is 120. The van der Waals surface area contributed by atoms with Crippen LogP contribution in [0.2, 0.25) is 0 Å². The molecule has 0 saturated heterocycles. The van der Waals surface area contributed by atoms with Gasteiger partial charge in [-0.3, -0.25) is 4.79 Å². The summed E-state index contributed by atoms with van der Waals surface area (Å²) in [7, 11) is 0. The van der Waals surface area contributed by atoms with E-state index in [2.05, 4.69) is 4.84 Å². The van der Waals surface area contributed by atoms with Crippen molar-refractivity contribution in [3.8, 4) is 0 Å². The van der Waals surface area contributed by atoms with Gasteiger partial charge in [0.15, 0.2) is 0 Å². The molecule has 0 heterocycles. The van der Waals surface area contributed by atoms with Gasteiger partial charge >= 0.3 is 57.4 Å². The predicted octanol–water partition coefficient (Wildman–Crippen LogP) is -3.04. The fourth-order valence-electron chi connectivity index (χ4n) is 0.200. The number of nitrogens with one attached hydrogen (secondary N) is 1. The van der Waals surface area contributed by atoms with E-state index in [0.717, 1.165) is 0 Å². The van der Waals surface area contributed by atoms with E-state index in [1.165, 1.54) is 0 Å². The molecule has 54 valence electrons. The van der Waals surface area contributed by atoms with Crippen molar-refractivity contribution < 1.29 is 67.2 Å². The number of amides is 1. The molecule has 0 saturated carbocycles. The van der Waals surface area contributed by atoms with E-state index in [-0.39, 0.29) is 58.7 Å². The van der Waals surface area contributed by atoms with Crippen LogP contribution in [0.15, 0.2) is 0 Å². The van der Waals surface area contributed by atoms with Crippen molar-refractivity contribution in [3.63, 3.8) is 0 Å². The second-order valence-corrected chi connectivity index (χ2v) is 1.81. The number of hydroxylamine groups is 1. The maximum absolute atomic E-state index is 10.5. The van der Waals surface area contributed by atoms with Crippen LogP contribution in [0.3, 0.4) is 0 Å². The van der Waals surface area contributed by atoms with E-state index >= 15 is 0 Å². The molecule has 10 heavy (non-hydrogen) atoms. The topological polar surface area (TPSA) is 55.4 Å². The number of carbonyl (C=O) groups excluding carboxylic acids is 2. The zero-order chi connectivity index (χ0) is 7.28. The fraction of sp³-hybridized carbons (Fsp3) is 0.600. The van der Waals surface area contributed by atoms with Crippen molar-refractivity contribution in [2.24, 2.45) is 5.92 Å². The van der Waals surface area contributed by atoms with Crippen molar-refractivity contribution in [1.82, 2.24) is 5.48 Å². The van der Waals surface area contributed by atoms with Gasteiger partial charge in [0, 0.05) is 0 Å². The van der Waals surface area contributed by atoms with Crippen molar-refractivity contribution in [2.45, 2.75) is 13.8 Å². The molecule has 0 aromatic heterocycles. The Labute approximate surface area is 104 Å². The molecule has 4 nitrogen and oxygen atoms in total. The van der Waals surface area contributed by atoms with Crippen LogP contribution >= 0.6 is 0 Å². The molecule has 1 amide bonds. The van der Waals surface area contributed by atoms with Crippen LogP contribution in [0.5, 0.6) is 0 Å². The van der Waals surface area contributed by atoms with Gasteiger partial charge < -0.3 is 6.26 Å². The third kappa shape index (κ3) is 6.69. The average molecular weight is 171 g/mol. The minimum absolute atomic E-state index is 0. The van der Waals surface area contributed by atoms with E-state index in [1.807, 2.05) is 0 Å². The van der Waals surface area contributed by atoms with Gasteiger partial charge in [-0.15, -0.1) is 0 Å². The summed E-state index contributed by atoms with van der Waals surface area (Å²) in [6.45, 7) is 3.35. The number of rotatable bonds is 3. The first-order chi connectivity index (χ1) is 4.18. The molecule has 0 radical (unpaired) electrons. The summed E-state index contributed by atoms with van der Waals surface area (Å²) in [6, 6.07) is 0. The van der Waals surface area contributed by atoms with Crippen LogP contribution < -0.4 is 56.9 Å². The Morgan fingerprint density at radius 3 is 2.50 bits per heavy atom. The summed E-state index contributed by atoms with van der Waals surface area (Å²) in [5, 5.41) is 0. The third-order valence-corrected chi connectivity index (χ3v) is 0.679. The molecule has 0 aliphatic heterocycles. The molecular formula is C5H10KNO3. The molecule has 0 aromatic rings. The second kappa shape index (κ2) is 7.68. The summed E-state index contributed by atoms with van der Waals surface area (Å²) in [6.07, 6.45) is 0.306. The van der Waals surface area contributed by atoms with E-state index < -0.39 is 5.97 Å². The molecule has 0 fully saturated rings. The smallest absolute Gasteiger partial charge is 1.00 e. The van der Waals surface area contributed by atoms with Crippen LogP contribution in [0.1, 0.15) is 15.3 Å². The SMILES string of the molecule is CC(C)C(=O)ONC=O.[H-].[K+]. The van der Waals surface area contributed by atoms with Crippen molar-refractivity contribution in [3.05, 3.63) is 0 Å². The first-order valence-electron chi connectivity index (χ1n) is 2.58. The van der Waals surface area contributed by atoms with Gasteiger partial charge in [-0.25, -0.2) is 4.79 Å². The minimum Gasteiger partial charge on any atom is -1.00 e. The van der Waals surface area contributed by atoms with Gasteiger partial charge in [0.25, 0.3) is 0 Å². The molecule has 0 rings (SSSR count). The Morgan fingerprint density at radius 1 is 1.70 bits per heavy atom. The van der Waals surface area contributed by atoms with Gasteiger partial charge in [0.05, 0.1) is 5.92 Å². The molecule has 0 aromatic carbocycles. The Balaban J connectivity index is -0.000000320. The maximum Gasteiger partial charge on any atom is 1.00 e. The van der Waals surface area contributed by atoms with Crippen LogP contribution in [-0.2, 0) is 14.4 Å². The van der Waals surface area contributed by atoms with E-state index in [4.69, 9.17) is 0 Å². The van der Waals surface area contributed by atoms with Gasteiger partial charge in [0.1, 0.15) is 0 Å². The first-order valence-corrected chi connectivity index (χ1v) is 2.58. The summed E-state index contributed by atoms with van der Waals surface area (Å²) in [4.78, 5) is 24.2. The summed E-state index contributed by atoms with van der Waals surface area (Å²) >= 11 is 0. The monoisotopic (exact) mass is 171 g/mol. The van der Waals surface area contributed by atoms with Crippen molar-refractivity contribution in [1.29, 1.82) is 0 Å². The van der Waals surface area contributed by atoms with Crippen LogP contribution in [0.25, 0.3) is 0 Å². The predicted molar refractivity (Wildman–Crippen MR) is 31.2 cm³/mol. The summed E-state index contributed by atoms with van der Waals surface area (Å²) in [5.41, 5.74) is 1.80. The summed E-state index contributed by atoms with van der Waals surface area (Å²) < 4.78 is 0. The van der Waals surface area contributed by atoms with Crippen molar-refractivity contribution >= 4 is 12.4 Å². The quantitative estimate of drug-likeness (QED) is 0.279. The molecule has 0 unspecified atom stereocenters. The molecule has 0 aliphatic rings. The van der Waals surface area contributed by atoms with Gasteiger partial charge in [-0.05, 0) is 0 Å².